The number of allylic oxidation sites excluding steroid dienone is 4. The average Bonchev–Trinajstić information content (AvgIpc) is 2.34. The Hall–Kier alpha value is -1.31. The molecular weight excluding hydrogens is 234 g/mol. The van der Waals surface area contributed by atoms with E-state index >= 15 is 0 Å². The van der Waals surface area contributed by atoms with E-state index in [1.54, 1.807) is 12.2 Å². The molecule has 0 aliphatic carbocycles. The van der Waals surface area contributed by atoms with Crippen LogP contribution in [-0.4, -0.2) is 23.9 Å². The summed E-state index contributed by atoms with van der Waals surface area (Å²) in [6.07, 6.45) is 11.0. The van der Waals surface area contributed by atoms with Crippen molar-refractivity contribution in [2.45, 2.75) is 53.9 Å². The zero-order valence-electron chi connectivity index (χ0n) is 13.2. The Morgan fingerprint density at radius 2 is 1.84 bits per heavy atom. The molecule has 0 aromatic carbocycles. The molecule has 0 fully saturated rings. The largest absolute Gasteiger partial charge is 0.335 e. The van der Waals surface area contributed by atoms with E-state index in [1.165, 1.54) is 11.1 Å². The van der Waals surface area contributed by atoms with Crippen LogP contribution in [0.3, 0.4) is 0 Å². The Labute approximate surface area is 118 Å². The second-order valence-corrected chi connectivity index (χ2v) is 5.15. The molecule has 0 aromatic heterocycles. The Bertz CT molecular complexity index is 346. The molecule has 0 aliphatic rings. The summed E-state index contributed by atoms with van der Waals surface area (Å²) in [7, 11) is 0. The first-order chi connectivity index (χ1) is 9.01. The highest BCUT2D eigenvalue weighted by atomic mass is 16.2. The maximum atomic E-state index is 11.8. The van der Waals surface area contributed by atoms with Crippen LogP contribution in [0.15, 0.2) is 35.5 Å². The third-order valence-electron chi connectivity index (χ3n) is 2.87. The van der Waals surface area contributed by atoms with Crippen molar-refractivity contribution in [3.63, 3.8) is 0 Å². The zero-order valence-corrected chi connectivity index (χ0v) is 13.2. The van der Waals surface area contributed by atoms with Gasteiger partial charge < -0.3 is 4.90 Å². The van der Waals surface area contributed by atoms with Crippen molar-refractivity contribution >= 4 is 5.91 Å². The Balaban J connectivity index is 4.35. The van der Waals surface area contributed by atoms with Gasteiger partial charge in [0.1, 0.15) is 0 Å². The number of rotatable bonds is 8. The van der Waals surface area contributed by atoms with Crippen LogP contribution >= 0.6 is 0 Å². The first kappa shape index (κ1) is 17.7. The molecule has 0 unspecified atom stereocenters. The molecule has 0 aliphatic heterocycles. The zero-order chi connectivity index (χ0) is 14.7. The molecule has 0 spiro atoms. The van der Waals surface area contributed by atoms with Crippen LogP contribution in [-0.2, 0) is 4.79 Å². The van der Waals surface area contributed by atoms with Crippen molar-refractivity contribution < 1.29 is 4.79 Å². The van der Waals surface area contributed by atoms with Crippen molar-refractivity contribution in [3.05, 3.63) is 35.5 Å². The molecule has 0 bridgehead atoms. The van der Waals surface area contributed by atoms with E-state index in [0.29, 0.717) is 0 Å². The minimum atomic E-state index is 0.109. The lowest BCUT2D eigenvalue weighted by molar-refractivity contribution is -0.125. The number of hydrogen-bond donors (Lipinski definition) is 0. The summed E-state index contributed by atoms with van der Waals surface area (Å²) < 4.78 is 0. The van der Waals surface area contributed by atoms with Gasteiger partial charge in [0.05, 0.1) is 0 Å². The topological polar surface area (TPSA) is 20.3 Å². The van der Waals surface area contributed by atoms with Crippen molar-refractivity contribution in [2.24, 2.45) is 0 Å². The van der Waals surface area contributed by atoms with E-state index in [1.807, 2.05) is 11.8 Å². The molecule has 0 heterocycles. The van der Waals surface area contributed by atoms with Crippen molar-refractivity contribution in [2.75, 3.05) is 13.1 Å². The summed E-state index contributed by atoms with van der Waals surface area (Å²) in [4.78, 5) is 13.7. The van der Waals surface area contributed by atoms with Gasteiger partial charge in [-0.25, -0.2) is 0 Å². The van der Waals surface area contributed by atoms with Gasteiger partial charge >= 0.3 is 0 Å². The summed E-state index contributed by atoms with van der Waals surface area (Å²) in [6.45, 7) is 11.9. The minimum Gasteiger partial charge on any atom is -0.335 e. The predicted octanol–water partition coefficient (Wildman–Crippen LogP) is 4.49. The van der Waals surface area contributed by atoms with Crippen LogP contribution in [0, 0.1) is 0 Å². The SMILES string of the molecule is C/C=C/C(=O)N(C/C=C(/C)CCC=C(C)C)CCC. The molecule has 0 saturated heterocycles. The van der Waals surface area contributed by atoms with Gasteiger partial charge in [0, 0.05) is 13.1 Å². The highest BCUT2D eigenvalue weighted by molar-refractivity contribution is 5.87. The van der Waals surface area contributed by atoms with Gasteiger partial charge in [-0.05, 0) is 53.0 Å². The first-order valence-corrected chi connectivity index (χ1v) is 7.21. The number of hydrogen-bond acceptors (Lipinski definition) is 1. The smallest absolute Gasteiger partial charge is 0.246 e. The Morgan fingerprint density at radius 3 is 2.37 bits per heavy atom. The van der Waals surface area contributed by atoms with E-state index in [4.69, 9.17) is 0 Å². The molecule has 19 heavy (non-hydrogen) atoms. The molecule has 0 saturated carbocycles. The normalized spacial score (nSPS) is 11.7. The fraction of sp³-hybridized carbons (Fsp3) is 0.588. The van der Waals surface area contributed by atoms with Crippen molar-refractivity contribution in [1.29, 1.82) is 0 Å². The fourth-order valence-corrected chi connectivity index (χ4v) is 1.77. The third kappa shape index (κ3) is 9.29. The maximum absolute atomic E-state index is 11.8. The molecule has 2 nitrogen and oxygen atoms in total. The van der Waals surface area contributed by atoms with Crippen LogP contribution in [0.4, 0.5) is 0 Å². The minimum absolute atomic E-state index is 0.109. The molecule has 0 rings (SSSR count). The molecule has 0 aromatic rings. The van der Waals surface area contributed by atoms with E-state index in [0.717, 1.165) is 32.4 Å². The lowest BCUT2D eigenvalue weighted by atomic mass is 10.1. The monoisotopic (exact) mass is 263 g/mol. The summed E-state index contributed by atoms with van der Waals surface area (Å²) in [5, 5.41) is 0. The van der Waals surface area contributed by atoms with E-state index < -0.39 is 0 Å². The molecule has 0 N–H and O–H groups in total. The summed E-state index contributed by atoms with van der Waals surface area (Å²) in [6, 6.07) is 0. The summed E-state index contributed by atoms with van der Waals surface area (Å²) in [5.41, 5.74) is 2.72. The second kappa shape index (κ2) is 10.6. The van der Waals surface area contributed by atoms with E-state index in [9.17, 15) is 4.79 Å². The number of amides is 1. The van der Waals surface area contributed by atoms with Gasteiger partial charge in [0.15, 0.2) is 0 Å². The van der Waals surface area contributed by atoms with Gasteiger partial charge in [-0.2, -0.15) is 0 Å². The van der Waals surface area contributed by atoms with Gasteiger partial charge in [0.2, 0.25) is 5.91 Å². The van der Waals surface area contributed by atoms with Crippen LogP contribution in [0.1, 0.15) is 53.9 Å². The lowest BCUT2D eigenvalue weighted by Crippen LogP contribution is -2.30. The van der Waals surface area contributed by atoms with E-state index in [-0.39, 0.29) is 5.91 Å². The van der Waals surface area contributed by atoms with Gasteiger partial charge in [-0.1, -0.05) is 36.3 Å². The van der Waals surface area contributed by atoms with Gasteiger partial charge in [0.25, 0.3) is 0 Å². The molecule has 0 radical (unpaired) electrons. The highest BCUT2D eigenvalue weighted by Crippen LogP contribution is 2.07. The summed E-state index contributed by atoms with van der Waals surface area (Å²) in [5.74, 6) is 0.109. The molecule has 0 atom stereocenters. The summed E-state index contributed by atoms with van der Waals surface area (Å²) >= 11 is 0. The molecule has 2 heteroatoms. The predicted molar refractivity (Wildman–Crippen MR) is 84.1 cm³/mol. The average molecular weight is 263 g/mol. The molecule has 1 amide bonds. The quantitative estimate of drug-likeness (QED) is 0.466. The Morgan fingerprint density at radius 1 is 1.16 bits per heavy atom. The number of carbonyl (C=O) groups excluding carboxylic acids is 1. The highest BCUT2D eigenvalue weighted by Gasteiger charge is 2.07. The van der Waals surface area contributed by atoms with E-state index in [2.05, 4.69) is 39.8 Å². The van der Waals surface area contributed by atoms with Gasteiger partial charge in [-0.3, -0.25) is 4.79 Å². The number of carbonyl (C=O) groups is 1. The Kier molecular flexibility index (Phi) is 9.87. The maximum Gasteiger partial charge on any atom is 0.246 e. The fourth-order valence-electron chi connectivity index (χ4n) is 1.77. The van der Waals surface area contributed by atoms with Gasteiger partial charge in [-0.15, -0.1) is 0 Å². The van der Waals surface area contributed by atoms with Crippen LogP contribution < -0.4 is 0 Å². The van der Waals surface area contributed by atoms with Crippen LogP contribution in [0.2, 0.25) is 0 Å². The standard InChI is InChI=1S/C17H29NO/c1-6-9-17(19)18(13-7-2)14-12-16(5)11-8-10-15(3)4/h6,9-10,12H,7-8,11,13-14H2,1-5H3/b9-6+,16-12-. The molecule has 108 valence electrons. The van der Waals surface area contributed by atoms with Crippen molar-refractivity contribution in [1.82, 2.24) is 4.90 Å². The third-order valence-corrected chi connectivity index (χ3v) is 2.87. The number of nitrogens with zero attached hydrogens (tertiary/aromatic N) is 1. The van der Waals surface area contributed by atoms with Crippen LogP contribution in [0.5, 0.6) is 0 Å². The first-order valence-electron chi connectivity index (χ1n) is 7.21. The van der Waals surface area contributed by atoms with Crippen molar-refractivity contribution in [3.8, 4) is 0 Å². The molecular formula is C17H29NO. The van der Waals surface area contributed by atoms with Crippen LogP contribution in [0.25, 0.3) is 0 Å². The lowest BCUT2D eigenvalue weighted by Gasteiger charge is -2.19. The second-order valence-electron chi connectivity index (χ2n) is 5.15.